The van der Waals surface area contributed by atoms with Crippen molar-refractivity contribution in [3.63, 3.8) is 0 Å². The summed E-state index contributed by atoms with van der Waals surface area (Å²) in [7, 11) is 0. The third kappa shape index (κ3) is 2.79. The standard InChI is InChI=1S/C9H7NO2.C8H7N/c11-9(12)8-5-6-3-1-2-4-7(6)10-8;1-2-4-8-7(3-1)5-6-9-8/h1-5,10H,(H,11,12);1-6,9H. The molecule has 4 rings (SSSR count). The number of hydrogen-bond acceptors (Lipinski definition) is 1. The summed E-state index contributed by atoms with van der Waals surface area (Å²) >= 11 is 0. The van der Waals surface area contributed by atoms with Gasteiger partial charge in [-0.25, -0.2) is 4.79 Å². The Balaban J connectivity index is 0.000000131. The van der Waals surface area contributed by atoms with Gasteiger partial charge in [0.05, 0.1) is 0 Å². The number of fused-ring (bicyclic) bond motifs is 2. The van der Waals surface area contributed by atoms with Gasteiger partial charge in [0.25, 0.3) is 0 Å². The quantitative estimate of drug-likeness (QED) is 0.492. The number of aromatic nitrogens is 2. The minimum absolute atomic E-state index is 0.233. The van der Waals surface area contributed by atoms with Crippen molar-refractivity contribution in [2.75, 3.05) is 0 Å². The summed E-state index contributed by atoms with van der Waals surface area (Å²) in [6.07, 6.45) is 1.95. The van der Waals surface area contributed by atoms with Crippen molar-refractivity contribution in [1.82, 2.24) is 9.97 Å². The lowest BCUT2D eigenvalue weighted by atomic mass is 10.2. The Morgan fingerprint density at radius 2 is 1.52 bits per heavy atom. The smallest absolute Gasteiger partial charge is 0.352 e. The zero-order chi connectivity index (χ0) is 14.7. The first-order valence-corrected chi connectivity index (χ1v) is 6.57. The second-order valence-electron chi connectivity index (χ2n) is 4.64. The predicted octanol–water partition coefficient (Wildman–Crippen LogP) is 4.03. The van der Waals surface area contributed by atoms with Crippen LogP contribution in [0.15, 0.2) is 66.9 Å². The average Bonchev–Trinajstić information content (AvgIpc) is 3.14. The minimum Gasteiger partial charge on any atom is -0.477 e. The van der Waals surface area contributed by atoms with Crippen LogP contribution in [0, 0.1) is 0 Å². The molecular weight excluding hydrogens is 264 g/mol. The summed E-state index contributed by atoms with van der Waals surface area (Å²) < 4.78 is 0. The number of carboxylic acids is 1. The number of H-pyrrole nitrogens is 2. The van der Waals surface area contributed by atoms with E-state index in [0.29, 0.717) is 0 Å². The Hall–Kier alpha value is -3.01. The number of aromatic carboxylic acids is 1. The van der Waals surface area contributed by atoms with Gasteiger partial charge in [0.15, 0.2) is 0 Å². The van der Waals surface area contributed by atoms with Gasteiger partial charge in [0.1, 0.15) is 5.69 Å². The summed E-state index contributed by atoms with van der Waals surface area (Å²) in [4.78, 5) is 16.5. The van der Waals surface area contributed by atoms with E-state index < -0.39 is 5.97 Å². The number of para-hydroxylation sites is 2. The minimum atomic E-state index is -0.925. The van der Waals surface area contributed by atoms with Crippen LogP contribution in [0.3, 0.4) is 0 Å². The van der Waals surface area contributed by atoms with Gasteiger partial charge in [-0.15, -0.1) is 0 Å². The zero-order valence-corrected chi connectivity index (χ0v) is 11.2. The molecule has 0 aliphatic heterocycles. The maximum Gasteiger partial charge on any atom is 0.352 e. The number of hydrogen-bond donors (Lipinski definition) is 3. The van der Waals surface area contributed by atoms with Crippen molar-refractivity contribution in [3.8, 4) is 0 Å². The molecule has 4 aromatic rings. The van der Waals surface area contributed by atoms with E-state index in [1.807, 2.05) is 42.6 Å². The highest BCUT2D eigenvalue weighted by atomic mass is 16.4. The molecule has 2 aromatic heterocycles. The van der Waals surface area contributed by atoms with Crippen LogP contribution in [0.2, 0.25) is 0 Å². The summed E-state index contributed by atoms with van der Waals surface area (Å²) in [5, 5.41) is 10.9. The molecule has 0 amide bonds. The maximum absolute atomic E-state index is 10.5. The molecule has 2 aromatic carbocycles. The largest absolute Gasteiger partial charge is 0.477 e. The summed E-state index contributed by atoms with van der Waals surface area (Å²) in [6.45, 7) is 0. The topological polar surface area (TPSA) is 68.9 Å². The fourth-order valence-corrected chi connectivity index (χ4v) is 2.18. The molecule has 21 heavy (non-hydrogen) atoms. The first kappa shape index (κ1) is 13.0. The van der Waals surface area contributed by atoms with Crippen molar-refractivity contribution < 1.29 is 9.90 Å². The first-order chi connectivity index (χ1) is 10.2. The van der Waals surface area contributed by atoms with Crippen molar-refractivity contribution in [3.05, 3.63) is 72.6 Å². The van der Waals surface area contributed by atoms with E-state index in [0.717, 1.165) is 10.9 Å². The van der Waals surface area contributed by atoms with Gasteiger partial charge in [0, 0.05) is 22.6 Å². The predicted molar refractivity (Wildman–Crippen MR) is 83.6 cm³/mol. The van der Waals surface area contributed by atoms with Crippen molar-refractivity contribution in [2.24, 2.45) is 0 Å². The van der Waals surface area contributed by atoms with Gasteiger partial charge in [-0.3, -0.25) is 0 Å². The molecule has 0 spiro atoms. The van der Waals surface area contributed by atoms with E-state index in [1.54, 1.807) is 6.07 Å². The lowest BCUT2D eigenvalue weighted by molar-refractivity contribution is 0.0691. The Labute approximate surface area is 121 Å². The molecule has 0 bridgehead atoms. The van der Waals surface area contributed by atoms with E-state index in [9.17, 15) is 4.79 Å². The Morgan fingerprint density at radius 1 is 0.857 bits per heavy atom. The molecule has 2 heterocycles. The summed E-state index contributed by atoms with van der Waals surface area (Å²) in [5.41, 5.74) is 2.30. The molecule has 0 saturated heterocycles. The van der Waals surface area contributed by atoms with Gasteiger partial charge < -0.3 is 15.1 Å². The number of carboxylic acid groups (broad SMARTS) is 1. The van der Waals surface area contributed by atoms with Gasteiger partial charge in [-0.2, -0.15) is 0 Å². The molecule has 0 unspecified atom stereocenters. The fraction of sp³-hybridized carbons (Fsp3) is 0. The normalized spacial score (nSPS) is 10.3. The molecule has 0 fully saturated rings. The summed E-state index contributed by atoms with van der Waals surface area (Å²) in [6, 6.07) is 19.4. The van der Waals surface area contributed by atoms with E-state index in [1.165, 1.54) is 10.9 Å². The highest BCUT2D eigenvalue weighted by Crippen LogP contribution is 2.14. The van der Waals surface area contributed by atoms with Crippen LogP contribution >= 0.6 is 0 Å². The highest BCUT2D eigenvalue weighted by molar-refractivity contribution is 5.93. The van der Waals surface area contributed by atoms with E-state index in [4.69, 9.17) is 5.11 Å². The molecule has 0 atom stereocenters. The third-order valence-corrected chi connectivity index (χ3v) is 3.22. The van der Waals surface area contributed by atoms with Gasteiger partial charge in [0.2, 0.25) is 0 Å². The molecule has 0 saturated carbocycles. The van der Waals surface area contributed by atoms with Gasteiger partial charge in [-0.05, 0) is 29.7 Å². The monoisotopic (exact) mass is 278 g/mol. The van der Waals surface area contributed by atoms with Crippen LogP contribution in [0.1, 0.15) is 10.5 Å². The van der Waals surface area contributed by atoms with Crippen LogP contribution in [0.5, 0.6) is 0 Å². The molecule has 104 valence electrons. The van der Waals surface area contributed by atoms with E-state index >= 15 is 0 Å². The van der Waals surface area contributed by atoms with Crippen molar-refractivity contribution in [1.29, 1.82) is 0 Å². The molecule has 0 radical (unpaired) electrons. The lowest BCUT2D eigenvalue weighted by Crippen LogP contribution is -1.94. The second-order valence-corrected chi connectivity index (χ2v) is 4.64. The lowest BCUT2D eigenvalue weighted by Gasteiger charge is -1.84. The molecule has 4 heteroatoms. The maximum atomic E-state index is 10.5. The third-order valence-electron chi connectivity index (χ3n) is 3.22. The van der Waals surface area contributed by atoms with Crippen molar-refractivity contribution in [2.45, 2.75) is 0 Å². The van der Waals surface area contributed by atoms with Crippen LogP contribution in [-0.4, -0.2) is 21.0 Å². The molecule has 0 aliphatic carbocycles. The van der Waals surface area contributed by atoms with Crippen LogP contribution < -0.4 is 0 Å². The SMILES string of the molecule is O=C(O)c1cc2ccccc2[nH]1.c1ccc2[nH]ccc2c1. The van der Waals surface area contributed by atoms with Gasteiger partial charge >= 0.3 is 5.97 Å². The average molecular weight is 278 g/mol. The van der Waals surface area contributed by atoms with Crippen LogP contribution in [0.4, 0.5) is 0 Å². The zero-order valence-electron chi connectivity index (χ0n) is 11.2. The first-order valence-electron chi connectivity index (χ1n) is 6.57. The van der Waals surface area contributed by atoms with Gasteiger partial charge in [-0.1, -0.05) is 36.4 Å². The second kappa shape index (κ2) is 5.54. The Kier molecular flexibility index (Phi) is 3.43. The van der Waals surface area contributed by atoms with Crippen molar-refractivity contribution >= 4 is 27.8 Å². The number of benzene rings is 2. The van der Waals surface area contributed by atoms with Crippen LogP contribution in [0.25, 0.3) is 21.8 Å². The Bertz CT molecular complexity index is 826. The van der Waals surface area contributed by atoms with E-state index in [2.05, 4.69) is 28.2 Å². The molecule has 3 N–H and O–H groups in total. The fourth-order valence-electron chi connectivity index (χ4n) is 2.18. The summed E-state index contributed by atoms with van der Waals surface area (Å²) in [5.74, 6) is -0.925. The molecule has 0 aliphatic rings. The number of aromatic amines is 2. The number of carbonyl (C=O) groups is 1. The Morgan fingerprint density at radius 3 is 2.19 bits per heavy atom. The molecular formula is C17H14N2O2. The van der Waals surface area contributed by atoms with Crippen LogP contribution in [-0.2, 0) is 0 Å². The number of nitrogens with one attached hydrogen (secondary N) is 2. The van der Waals surface area contributed by atoms with E-state index in [-0.39, 0.29) is 5.69 Å². The number of rotatable bonds is 1. The molecule has 4 nitrogen and oxygen atoms in total. The highest BCUT2D eigenvalue weighted by Gasteiger charge is 2.05.